The van der Waals surface area contributed by atoms with E-state index in [2.05, 4.69) is 0 Å². The molecule has 1 N–H and O–H groups in total. The first-order valence-electron chi connectivity index (χ1n) is 10.4. The van der Waals surface area contributed by atoms with Gasteiger partial charge in [0.25, 0.3) is 5.91 Å². The smallest absolute Gasteiger partial charge is 0.288 e. The summed E-state index contributed by atoms with van der Waals surface area (Å²) in [5.41, 5.74) is 2.55. The van der Waals surface area contributed by atoms with E-state index in [0.717, 1.165) is 11.1 Å². The molecule has 4 rings (SSSR count). The molecule has 0 saturated carbocycles. The molecular weight excluding hydrogens is 410 g/mol. The number of amides is 1. The van der Waals surface area contributed by atoms with Crippen LogP contribution in [0.3, 0.4) is 0 Å². The summed E-state index contributed by atoms with van der Waals surface area (Å²) in [4.78, 5) is 27.1. The Labute approximate surface area is 185 Å². The molecule has 7 heteroatoms. The van der Waals surface area contributed by atoms with Crippen LogP contribution in [0.4, 0.5) is 0 Å². The van der Waals surface area contributed by atoms with Crippen LogP contribution in [0.15, 0.2) is 75.8 Å². The van der Waals surface area contributed by atoms with Crippen LogP contribution in [0.25, 0.3) is 11.0 Å². The van der Waals surface area contributed by atoms with Crippen molar-refractivity contribution in [1.29, 1.82) is 0 Å². The minimum atomic E-state index is -0.715. The van der Waals surface area contributed by atoms with Gasteiger partial charge in [-0.15, -0.1) is 0 Å². The van der Waals surface area contributed by atoms with E-state index in [1.54, 1.807) is 38.4 Å². The van der Waals surface area contributed by atoms with Crippen LogP contribution in [0.2, 0.25) is 0 Å². The standard InChI is InChI=1S/C25H25NO6/c1-26(2)25(29)22-11-18(20-15-30-21-6-4-3-5-19(21)24(20)28)12-23(32-22)31-14-17-9-7-16(13-27)8-10-17/h3-11,15,18,23,27H,12-14H2,1-2H3/t18-,23+/m0/s1. The molecule has 7 nitrogen and oxygen atoms in total. The number of carbonyl (C=O) groups excluding carboxylic acids is 1. The summed E-state index contributed by atoms with van der Waals surface area (Å²) < 4.78 is 17.5. The minimum absolute atomic E-state index is 0.0241. The lowest BCUT2D eigenvalue weighted by molar-refractivity contribution is -0.154. The molecule has 1 aliphatic rings. The van der Waals surface area contributed by atoms with E-state index in [9.17, 15) is 14.7 Å². The summed E-state index contributed by atoms with van der Waals surface area (Å²) in [7, 11) is 3.28. The van der Waals surface area contributed by atoms with Gasteiger partial charge in [-0.1, -0.05) is 36.4 Å². The molecule has 0 aliphatic carbocycles. The van der Waals surface area contributed by atoms with Gasteiger partial charge in [-0.25, -0.2) is 0 Å². The maximum Gasteiger partial charge on any atom is 0.288 e. The van der Waals surface area contributed by atoms with E-state index in [1.165, 1.54) is 11.2 Å². The topological polar surface area (TPSA) is 89.2 Å². The minimum Gasteiger partial charge on any atom is -0.464 e. The van der Waals surface area contributed by atoms with Crippen molar-refractivity contribution in [2.24, 2.45) is 0 Å². The van der Waals surface area contributed by atoms with Gasteiger partial charge < -0.3 is 23.9 Å². The molecule has 0 radical (unpaired) electrons. The van der Waals surface area contributed by atoms with Gasteiger partial charge in [0, 0.05) is 32.0 Å². The molecule has 0 bridgehead atoms. The number of rotatable bonds is 6. The van der Waals surface area contributed by atoms with Crippen molar-refractivity contribution in [2.45, 2.75) is 31.8 Å². The Bertz CT molecular complexity index is 1200. The normalized spacial score (nSPS) is 18.2. The number of aliphatic hydroxyl groups excluding tert-OH is 1. The molecule has 3 aromatic rings. The molecule has 2 heterocycles. The Hall–Kier alpha value is -3.42. The monoisotopic (exact) mass is 435 g/mol. The molecule has 1 aliphatic heterocycles. The van der Waals surface area contributed by atoms with E-state index < -0.39 is 12.2 Å². The molecule has 32 heavy (non-hydrogen) atoms. The average molecular weight is 435 g/mol. The molecule has 0 unspecified atom stereocenters. The highest BCUT2D eigenvalue weighted by Gasteiger charge is 2.31. The van der Waals surface area contributed by atoms with Crippen LogP contribution in [0.5, 0.6) is 0 Å². The molecule has 1 amide bonds. The van der Waals surface area contributed by atoms with E-state index >= 15 is 0 Å². The summed E-state index contributed by atoms with van der Waals surface area (Å²) in [5, 5.41) is 9.68. The summed E-state index contributed by atoms with van der Waals surface area (Å²) in [5.74, 6) is -0.564. The number of para-hydroxylation sites is 1. The number of nitrogens with zero attached hydrogens (tertiary/aromatic N) is 1. The van der Waals surface area contributed by atoms with Gasteiger partial charge in [-0.05, 0) is 29.3 Å². The van der Waals surface area contributed by atoms with E-state index in [1.807, 2.05) is 30.3 Å². The van der Waals surface area contributed by atoms with Gasteiger partial charge in [-0.3, -0.25) is 9.59 Å². The van der Waals surface area contributed by atoms with Crippen molar-refractivity contribution in [3.05, 3.63) is 93.5 Å². The largest absolute Gasteiger partial charge is 0.464 e. The number of allylic oxidation sites excluding steroid dienone is 1. The van der Waals surface area contributed by atoms with Crippen LogP contribution in [0, 0.1) is 0 Å². The molecule has 2 aromatic carbocycles. The Morgan fingerprint density at radius 1 is 1.12 bits per heavy atom. The number of hydrogen-bond acceptors (Lipinski definition) is 6. The van der Waals surface area contributed by atoms with Crippen molar-refractivity contribution in [1.82, 2.24) is 4.90 Å². The van der Waals surface area contributed by atoms with Crippen LogP contribution < -0.4 is 5.43 Å². The number of likely N-dealkylation sites (N-methyl/N-ethyl adjacent to an activating group) is 1. The quantitative estimate of drug-likeness (QED) is 0.639. The van der Waals surface area contributed by atoms with Gasteiger partial charge in [-0.2, -0.15) is 0 Å². The first-order chi connectivity index (χ1) is 15.5. The summed E-state index contributed by atoms with van der Waals surface area (Å²) >= 11 is 0. The molecule has 0 saturated heterocycles. The number of aliphatic hydroxyl groups is 1. The molecule has 2 atom stereocenters. The number of ether oxygens (including phenoxy) is 2. The zero-order chi connectivity index (χ0) is 22.7. The number of fused-ring (bicyclic) bond motifs is 1. The van der Waals surface area contributed by atoms with E-state index in [4.69, 9.17) is 13.9 Å². The second kappa shape index (κ2) is 9.38. The molecule has 0 fully saturated rings. The lowest BCUT2D eigenvalue weighted by atomic mass is 9.93. The predicted octanol–water partition coefficient (Wildman–Crippen LogP) is 3.30. The molecule has 0 spiro atoms. The van der Waals surface area contributed by atoms with Crippen LogP contribution >= 0.6 is 0 Å². The maximum absolute atomic E-state index is 13.1. The van der Waals surface area contributed by atoms with E-state index in [-0.39, 0.29) is 30.3 Å². The van der Waals surface area contributed by atoms with Gasteiger partial charge in [0.1, 0.15) is 5.58 Å². The third kappa shape index (κ3) is 4.59. The Kier molecular flexibility index (Phi) is 6.39. The fourth-order valence-electron chi connectivity index (χ4n) is 3.63. The highest BCUT2D eigenvalue weighted by Crippen LogP contribution is 2.31. The number of carbonyl (C=O) groups is 1. The second-order valence-corrected chi connectivity index (χ2v) is 7.92. The van der Waals surface area contributed by atoms with Crippen molar-refractivity contribution in [3.8, 4) is 0 Å². The van der Waals surface area contributed by atoms with Crippen LogP contribution in [-0.4, -0.2) is 36.3 Å². The highest BCUT2D eigenvalue weighted by atomic mass is 16.7. The van der Waals surface area contributed by atoms with Crippen LogP contribution in [0.1, 0.15) is 29.0 Å². The maximum atomic E-state index is 13.1. The highest BCUT2D eigenvalue weighted by molar-refractivity contribution is 5.91. The van der Waals surface area contributed by atoms with Crippen molar-refractivity contribution < 1.29 is 23.8 Å². The zero-order valence-corrected chi connectivity index (χ0v) is 18.0. The Balaban J connectivity index is 1.61. The summed E-state index contributed by atoms with van der Waals surface area (Å²) in [6.45, 7) is 0.239. The van der Waals surface area contributed by atoms with Crippen molar-refractivity contribution in [2.75, 3.05) is 14.1 Å². The van der Waals surface area contributed by atoms with Gasteiger partial charge in [0.05, 0.1) is 24.9 Å². The average Bonchev–Trinajstić information content (AvgIpc) is 2.82. The van der Waals surface area contributed by atoms with E-state index in [0.29, 0.717) is 23.0 Å². The Morgan fingerprint density at radius 3 is 2.56 bits per heavy atom. The third-order valence-electron chi connectivity index (χ3n) is 5.42. The third-order valence-corrected chi connectivity index (χ3v) is 5.42. The summed E-state index contributed by atoms with van der Waals surface area (Å²) in [6, 6.07) is 14.5. The van der Waals surface area contributed by atoms with Crippen molar-refractivity contribution >= 4 is 16.9 Å². The number of hydrogen-bond donors (Lipinski definition) is 1. The number of benzene rings is 2. The Morgan fingerprint density at radius 2 is 1.84 bits per heavy atom. The fraction of sp³-hybridized carbons (Fsp3) is 0.280. The van der Waals surface area contributed by atoms with Crippen LogP contribution in [-0.2, 0) is 27.5 Å². The molecule has 1 aromatic heterocycles. The first kappa shape index (κ1) is 21.8. The van der Waals surface area contributed by atoms with Gasteiger partial charge in [0.15, 0.2) is 11.2 Å². The lowest BCUT2D eigenvalue weighted by Gasteiger charge is -2.29. The van der Waals surface area contributed by atoms with Gasteiger partial charge >= 0.3 is 0 Å². The molecule has 166 valence electrons. The molecular formula is C25H25NO6. The zero-order valence-electron chi connectivity index (χ0n) is 18.0. The lowest BCUT2D eigenvalue weighted by Crippen LogP contribution is -2.33. The predicted molar refractivity (Wildman–Crippen MR) is 119 cm³/mol. The first-order valence-corrected chi connectivity index (χ1v) is 10.4. The second-order valence-electron chi connectivity index (χ2n) is 7.92. The fourth-order valence-corrected chi connectivity index (χ4v) is 3.63. The SMILES string of the molecule is CN(C)C(=O)C1=C[C@H](c2coc3ccccc3c2=O)C[C@H](OCc2ccc(CO)cc2)O1. The summed E-state index contributed by atoms with van der Waals surface area (Å²) in [6.07, 6.45) is 2.77. The van der Waals surface area contributed by atoms with Crippen molar-refractivity contribution in [3.63, 3.8) is 0 Å². The van der Waals surface area contributed by atoms with Gasteiger partial charge in [0.2, 0.25) is 6.29 Å².